The van der Waals surface area contributed by atoms with Crippen LogP contribution in [0.4, 0.5) is 0 Å². The third-order valence-electron chi connectivity index (χ3n) is 3.30. The standard InChI is InChI=1S/C12H19N3O/c1-14-12(16)6-8-15-7-5-9-10(13)3-2-4-11(9)15/h5,7,10H,2-4,6,8,13H2,1H3,(H,14,16). The van der Waals surface area contributed by atoms with Crippen molar-refractivity contribution in [2.24, 2.45) is 5.73 Å². The monoisotopic (exact) mass is 221 g/mol. The Morgan fingerprint density at radius 3 is 3.25 bits per heavy atom. The molecule has 1 heterocycles. The summed E-state index contributed by atoms with van der Waals surface area (Å²) in [5.74, 6) is 0.0857. The minimum absolute atomic E-state index is 0.0857. The maximum absolute atomic E-state index is 11.2. The molecule has 0 spiro atoms. The normalized spacial score (nSPS) is 19.2. The molecule has 0 aromatic carbocycles. The molecular weight excluding hydrogens is 202 g/mol. The average molecular weight is 221 g/mol. The Morgan fingerprint density at radius 1 is 1.69 bits per heavy atom. The average Bonchev–Trinajstić information content (AvgIpc) is 2.70. The lowest BCUT2D eigenvalue weighted by atomic mass is 9.94. The van der Waals surface area contributed by atoms with Gasteiger partial charge in [0.1, 0.15) is 0 Å². The van der Waals surface area contributed by atoms with Gasteiger partial charge in [-0.3, -0.25) is 4.79 Å². The van der Waals surface area contributed by atoms with Gasteiger partial charge < -0.3 is 15.6 Å². The number of amides is 1. The van der Waals surface area contributed by atoms with Gasteiger partial charge in [-0.25, -0.2) is 0 Å². The Kier molecular flexibility index (Phi) is 3.29. The Balaban J connectivity index is 2.08. The zero-order valence-electron chi connectivity index (χ0n) is 9.70. The van der Waals surface area contributed by atoms with E-state index < -0.39 is 0 Å². The summed E-state index contributed by atoms with van der Waals surface area (Å²) in [5, 5.41) is 2.64. The molecule has 0 radical (unpaired) electrons. The minimum Gasteiger partial charge on any atom is -0.359 e. The smallest absolute Gasteiger partial charge is 0.221 e. The van der Waals surface area contributed by atoms with Gasteiger partial charge in [0, 0.05) is 37.9 Å². The van der Waals surface area contributed by atoms with Crippen molar-refractivity contribution in [2.45, 2.75) is 38.3 Å². The summed E-state index contributed by atoms with van der Waals surface area (Å²) >= 11 is 0. The van der Waals surface area contributed by atoms with Gasteiger partial charge in [-0.1, -0.05) is 0 Å². The highest BCUT2D eigenvalue weighted by Crippen LogP contribution is 2.28. The van der Waals surface area contributed by atoms with E-state index in [0.717, 1.165) is 25.8 Å². The molecular formula is C12H19N3O. The largest absolute Gasteiger partial charge is 0.359 e. The molecule has 1 aromatic rings. The van der Waals surface area contributed by atoms with Crippen LogP contribution in [0.5, 0.6) is 0 Å². The second kappa shape index (κ2) is 4.70. The van der Waals surface area contributed by atoms with Crippen LogP contribution in [0.3, 0.4) is 0 Å². The van der Waals surface area contributed by atoms with Crippen LogP contribution in [-0.2, 0) is 17.8 Å². The van der Waals surface area contributed by atoms with Crippen LogP contribution in [0.25, 0.3) is 0 Å². The highest BCUT2D eigenvalue weighted by Gasteiger charge is 2.19. The van der Waals surface area contributed by atoms with Crippen molar-refractivity contribution in [3.8, 4) is 0 Å². The summed E-state index contributed by atoms with van der Waals surface area (Å²) in [7, 11) is 1.67. The third kappa shape index (κ3) is 2.11. The number of hydrogen-bond donors (Lipinski definition) is 2. The molecule has 1 aliphatic rings. The summed E-state index contributed by atoms with van der Waals surface area (Å²) in [6, 6.07) is 2.29. The second-order valence-electron chi connectivity index (χ2n) is 4.33. The maximum atomic E-state index is 11.2. The van der Waals surface area contributed by atoms with Crippen molar-refractivity contribution < 1.29 is 4.79 Å². The molecule has 0 bridgehead atoms. The number of fused-ring (bicyclic) bond motifs is 1. The van der Waals surface area contributed by atoms with Gasteiger partial charge in [-0.2, -0.15) is 0 Å². The van der Waals surface area contributed by atoms with Gasteiger partial charge in [0.15, 0.2) is 0 Å². The van der Waals surface area contributed by atoms with Gasteiger partial charge >= 0.3 is 0 Å². The predicted molar refractivity (Wildman–Crippen MR) is 63.0 cm³/mol. The van der Waals surface area contributed by atoms with Gasteiger partial charge in [0.25, 0.3) is 0 Å². The summed E-state index contributed by atoms with van der Waals surface area (Å²) in [6.45, 7) is 0.752. The van der Waals surface area contributed by atoms with E-state index in [9.17, 15) is 4.79 Å². The molecule has 1 unspecified atom stereocenters. The first-order valence-corrected chi connectivity index (χ1v) is 5.86. The van der Waals surface area contributed by atoms with Crippen molar-refractivity contribution in [1.82, 2.24) is 9.88 Å². The first-order chi connectivity index (χ1) is 7.72. The second-order valence-corrected chi connectivity index (χ2v) is 4.33. The maximum Gasteiger partial charge on any atom is 0.221 e. The zero-order chi connectivity index (χ0) is 11.5. The Bertz CT molecular complexity index is 384. The molecule has 1 aromatic heterocycles. The van der Waals surface area contributed by atoms with E-state index in [0.29, 0.717) is 6.42 Å². The van der Waals surface area contributed by atoms with E-state index >= 15 is 0 Å². The Labute approximate surface area is 95.8 Å². The van der Waals surface area contributed by atoms with Crippen LogP contribution in [-0.4, -0.2) is 17.5 Å². The van der Waals surface area contributed by atoms with Crippen LogP contribution in [0.2, 0.25) is 0 Å². The van der Waals surface area contributed by atoms with Crippen LogP contribution < -0.4 is 11.1 Å². The fraction of sp³-hybridized carbons (Fsp3) is 0.583. The van der Waals surface area contributed by atoms with E-state index in [1.165, 1.54) is 11.3 Å². The highest BCUT2D eigenvalue weighted by molar-refractivity contribution is 5.75. The van der Waals surface area contributed by atoms with Crippen LogP contribution in [0, 0.1) is 0 Å². The van der Waals surface area contributed by atoms with Crippen molar-refractivity contribution in [2.75, 3.05) is 7.05 Å². The SMILES string of the molecule is CNC(=O)CCn1ccc2c1CCCC2N. The molecule has 0 aliphatic heterocycles. The van der Waals surface area contributed by atoms with Gasteiger partial charge in [0.05, 0.1) is 0 Å². The lowest BCUT2D eigenvalue weighted by Crippen LogP contribution is -2.21. The number of nitrogens with two attached hydrogens (primary N) is 1. The summed E-state index contributed by atoms with van der Waals surface area (Å²) in [6.07, 6.45) is 5.90. The fourth-order valence-electron chi connectivity index (χ4n) is 2.35. The molecule has 4 heteroatoms. The Hall–Kier alpha value is -1.29. The van der Waals surface area contributed by atoms with E-state index in [-0.39, 0.29) is 11.9 Å². The number of carbonyl (C=O) groups is 1. The molecule has 1 amide bonds. The molecule has 1 aliphatic carbocycles. The topological polar surface area (TPSA) is 60.0 Å². The van der Waals surface area contributed by atoms with E-state index in [1.54, 1.807) is 7.05 Å². The molecule has 3 N–H and O–H groups in total. The predicted octanol–water partition coefficient (Wildman–Crippen LogP) is 0.960. The summed E-state index contributed by atoms with van der Waals surface area (Å²) in [5.41, 5.74) is 8.64. The first kappa shape index (κ1) is 11.2. The quantitative estimate of drug-likeness (QED) is 0.798. The van der Waals surface area contributed by atoms with Crippen molar-refractivity contribution >= 4 is 5.91 Å². The molecule has 1 atom stereocenters. The summed E-state index contributed by atoms with van der Waals surface area (Å²) in [4.78, 5) is 11.2. The van der Waals surface area contributed by atoms with Gasteiger partial charge in [0.2, 0.25) is 5.91 Å². The fourth-order valence-corrected chi connectivity index (χ4v) is 2.35. The third-order valence-corrected chi connectivity index (χ3v) is 3.30. The zero-order valence-corrected chi connectivity index (χ0v) is 9.70. The molecule has 4 nitrogen and oxygen atoms in total. The summed E-state index contributed by atoms with van der Waals surface area (Å²) < 4.78 is 2.17. The lowest BCUT2D eigenvalue weighted by Gasteiger charge is -2.20. The van der Waals surface area contributed by atoms with Crippen LogP contribution >= 0.6 is 0 Å². The van der Waals surface area contributed by atoms with Gasteiger partial charge in [-0.05, 0) is 30.9 Å². The molecule has 88 valence electrons. The molecule has 16 heavy (non-hydrogen) atoms. The van der Waals surface area contributed by atoms with Crippen molar-refractivity contribution in [3.05, 3.63) is 23.5 Å². The lowest BCUT2D eigenvalue weighted by molar-refractivity contribution is -0.120. The van der Waals surface area contributed by atoms with Crippen molar-refractivity contribution in [3.63, 3.8) is 0 Å². The number of rotatable bonds is 3. The molecule has 0 saturated heterocycles. The van der Waals surface area contributed by atoms with Gasteiger partial charge in [-0.15, -0.1) is 0 Å². The number of aryl methyl sites for hydroxylation is 1. The molecule has 0 saturated carbocycles. The molecule has 0 fully saturated rings. The van der Waals surface area contributed by atoms with E-state index in [2.05, 4.69) is 22.1 Å². The van der Waals surface area contributed by atoms with Crippen LogP contribution in [0.1, 0.15) is 36.6 Å². The van der Waals surface area contributed by atoms with E-state index in [1.807, 2.05) is 0 Å². The van der Waals surface area contributed by atoms with E-state index in [4.69, 9.17) is 5.73 Å². The number of carbonyl (C=O) groups excluding carboxylic acids is 1. The number of nitrogens with one attached hydrogen (secondary N) is 1. The number of aromatic nitrogens is 1. The minimum atomic E-state index is 0.0857. The number of hydrogen-bond acceptors (Lipinski definition) is 2. The van der Waals surface area contributed by atoms with Crippen molar-refractivity contribution in [1.29, 1.82) is 0 Å². The van der Waals surface area contributed by atoms with Crippen LogP contribution in [0.15, 0.2) is 12.3 Å². The Morgan fingerprint density at radius 2 is 2.50 bits per heavy atom. The highest BCUT2D eigenvalue weighted by atomic mass is 16.1. The number of nitrogens with zero attached hydrogens (tertiary/aromatic N) is 1. The first-order valence-electron chi connectivity index (χ1n) is 5.86. The molecule has 2 rings (SSSR count).